The van der Waals surface area contributed by atoms with Gasteiger partial charge in [-0.3, -0.25) is 14.8 Å². The van der Waals surface area contributed by atoms with E-state index in [0.717, 1.165) is 4.47 Å². The second kappa shape index (κ2) is 7.96. The quantitative estimate of drug-likeness (QED) is 0.636. The zero-order valence-electron chi connectivity index (χ0n) is 13.7. The van der Waals surface area contributed by atoms with Crippen molar-refractivity contribution in [2.75, 3.05) is 5.32 Å². The van der Waals surface area contributed by atoms with Gasteiger partial charge in [-0.15, -0.1) is 5.10 Å². The van der Waals surface area contributed by atoms with Crippen molar-refractivity contribution in [3.05, 3.63) is 57.8 Å². The number of amides is 1. The van der Waals surface area contributed by atoms with E-state index in [-0.39, 0.29) is 24.3 Å². The monoisotopic (exact) mass is 440 g/mol. The van der Waals surface area contributed by atoms with Crippen LogP contribution in [0.2, 0.25) is 5.02 Å². The molecule has 0 aliphatic carbocycles. The van der Waals surface area contributed by atoms with Crippen LogP contribution in [0.4, 0.5) is 10.3 Å². The number of rotatable bonds is 6. The number of carbonyl (C=O) groups is 1. The van der Waals surface area contributed by atoms with Crippen LogP contribution in [0.1, 0.15) is 12.5 Å². The summed E-state index contributed by atoms with van der Waals surface area (Å²) in [5.74, 6) is -0.846. The van der Waals surface area contributed by atoms with E-state index in [2.05, 4.69) is 36.4 Å². The van der Waals surface area contributed by atoms with Crippen molar-refractivity contribution in [1.82, 2.24) is 24.5 Å². The lowest BCUT2D eigenvalue weighted by Crippen LogP contribution is -2.25. The maximum absolute atomic E-state index is 13.8. The van der Waals surface area contributed by atoms with Crippen molar-refractivity contribution in [1.29, 1.82) is 0 Å². The van der Waals surface area contributed by atoms with Crippen LogP contribution in [0.5, 0.6) is 0 Å². The molecule has 0 saturated heterocycles. The molecule has 0 fully saturated rings. The number of halogens is 3. The van der Waals surface area contributed by atoms with E-state index in [4.69, 9.17) is 11.6 Å². The van der Waals surface area contributed by atoms with Gasteiger partial charge in [0.2, 0.25) is 11.9 Å². The molecule has 7 nitrogen and oxygen atoms in total. The topological polar surface area (TPSA) is 77.6 Å². The summed E-state index contributed by atoms with van der Waals surface area (Å²) < 4.78 is 17.8. The summed E-state index contributed by atoms with van der Waals surface area (Å²) >= 11 is 9.32. The smallest absolute Gasteiger partial charge is 0.248 e. The van der Waals surface area contributed by atoms with Crippen molar-refractivity contribution in [2.45, 2.75) is 20.0 Å². The lowest BCUT2D eigenvalue weighted by atomic mass is 10.1. The Labute approximate surface area is 162 Å². The third-order valence-electron chi connectivity index (χ3n) is 3.66. The average molecular weight is 442 g/mol. The normalized spacial score (nSPS) is 12.2. The molecule has 0 aliphatic heterocycles. The van der Waals surface area contributed by atoms with Crippen molar-refractivity contribution in [2.24, 2.45) is 5.92 Å². The van der Waals surface area contributed by atoms with Crippen molar-refractivity contribution < 1.29 is 9.18 Å². The molecule has 1 atom stereocenters. The zero-order chi connectivity index (χ0) is 18.7. The minimum absolute atomic E-state index is 0.116. The summed E-state index contributed by atoms with van der Waals surface area (Å²) in [6.07, 6.45) is 4.85. The average Bonchev–Trinajstić information content (AvgIpc) is 3.20. The number of nitrogens with zero attached hydrogens (tertiary/aromatic N) is 5. The van der Waals surface area contributed by atoms with E-state index in [1.54, 1.807) is 30.1 Å². The standard InChI is InChI=1S/C16H15BrClFN6O/c1-10(6-24-7-11(17)5-21-24)15(26)22-16-20-9-25(23-16)8-12-13(18)3-2-4-14(12)19/h2-5,7,9-10H,6,8H2,1H3,(H,22,23,26). The van der Waals surface area contributed by atoms with Crippen LogP contribution in [0, 0.1) is 11.7 Å². The Bertz CT molecular complexity index is 907. The van der Waals surface area contributed by atoms with Crippen LogP contribution < -0.4 is 5.32 Å². The highest BCUT2D eigenvalue weighted by atomic mass is 79.9. The Morgan fingerprint density at radius 2 is 2.23 bits per heavy atom. The molecule has 0 bridgehead atoms. The molecule has 1 unspecified atom stereocenters. The maximum atomic E-state index is 13.8. The lowest BCUT2D eigenvalue weighted by Gasteiger charge is -2.10. The Kier molecular flexibility index (Phi) is 5.67. The van der Waals surface area contributed by atoms with Crippen LogP contribution in [0.15, 0.2) is 41.4 Å². The van der Waals surface area contributed by atoms with Gasteiger partial charge in [-0.05, 0) is 28.1 Å². The lowest BCUT2D eigenvalue weighted by molar-refractivity contribution is -0.119. The van der Waals surface area contributed by atoms with E-state index in [1.165, 1.54) is 23.1 Å². The van der Waals surface area contributed by atoms with Gasteiger partial charge in [-0.2, -0.15) is 5.10 Å². The number of carbonyl (C=O) groups excluding carboxylic acids is 1. The summed E-state index contributed by atoms with van der Waals surface area (Å²) in [7, 11) is 0. The number of nitrogens with one attached hydrogen (secondary N) is 1. The van der Waals surface area contributed by atoms with Gasteiger partial charge < -0.3 is 0 Å². The van der Waals surface area contributed by atoms with Crippen LogP contribution in [-0.4, -0.2) is 30.5 Å². The molecule has 3 aromatic rings. The molecule has 2 aromatic heterocycles. The molecule has 0 saturated carbocycles. The van der Waals surface area contributed by atoms with Gasteiger partial charge in [0, 0.05) is 16.8 Å². The number of aromatic nitrogens is 5. The first-order chi connectivity index (χ1) is 12.4. The minimum Gasteiger partial charge on any atom is -0.293 e. The fraction of sp³-hybridized carbons (Fsp3) is 0.250. The first-order valence-corrected chi connectivity index (χ1v) is 8.90. The first-order valence-electron chi connectivity index (χ1n) is 7.73. The molecule has 26 heavy (non-hydrogen) atoms. The fourth-order valence-corrected chi connectivity index (χ4v) is 2.86. The van der Waals surface area contributed by atoms with Crippen molar-refractivity contribution in [3.8, 4) is 0 Å². The third kappa shape index (κ3) is 4.47. The number of anilines is 1. The molecule has 0 radical (unpaired) electrons. The highest BCUT2D eigenvalue weighted by Gasteiger charge is 2.16. The summed E-state index contributed by atoms with van der Waals surface area (Å²) in [5.41, 5.74) is 0.314. The first kappa shape index (κ1) is 18.5. The van der Waals surface area contributed by atoms with Crippen LogP contribution in [-0.2, 0) is 17.9 Å². The van der Waals surface area contributed by atoms with Gasteiger partial charge >= 0.3 is 0 Å². The van der Waals surface area contributed by atoms with E-state index >= 15 is 0 Å². The van der Waals surface area contributed by atoms with Crippen molar-refractivity contribution >= 4 is 39.4 Å². The van der Waals surface area contributed by atoms with Crippen LogP contribution in [0.25, 0.3) is 0 Å². The maximum Gasteiger partial charge on any atom is 0.248 e. The highest BCUT2D eigenvalue weighted by molar-refractivity contribution is 9.10. The molecule has 1 aromatic carbocycles. The summed E-state index contributed by atoms with van der Waals surface area (Å²) in [6.45, 7) is 2.31. The Morgan fingerprint density at radius 3 is 2.92 bits per heavy atom. The predicted octanol–water partition coefficient (Wildman–Crippen LogP) is 3.35. The van der Waals surface area contributed by atoms with Crippen LogP contribution >= 0.6 is 27.5 Å². The third-order valence-corrected chi connectivity index (χ3v) is 4.43. The fourth-order valence-electron chi connectivity index (χ4n) is 2.31. The molecule has 1 amide bonds. The number of hydrogen-bond acceptors (Lipinski definition) is 4. The SMILES string of the molecule is CC(Cn1cc(Br)cn1)C(=O)Nc1ncn(Cc2c(F)cccc2Cl)n1. The minimum atomic E-state index is -0.419. The molecular weight excluding hydrogens is 427 g/mol. The molecule has 0 spiro atoms. The molecule has 10 heteroatoms. The Balaban J connectivity index is 1.61. The predicted molar refractivity (Wildman–Crippen MR) is 98.3 cm³/mol. The van der Waals surface area contributed by atoms with E-state index in [0.29, 0.717) is 17.1 Å². The van der Waals surface area contributed by atoms with Gasteiger partial charge in [0.1, 0.15) is 12.1 Å². The van der Waals surface area contributed by atoms with Gasteiger partial charge in [0.15, 0.2) is 0 Å². The highest BCUT2D eigenvalue weighted by Crippen LogP contribution is 2.20. The summed E-state index contributed by atoms with van der Waals surface area (Å²) in [5, 5.41) is 11.2. The van der Waals surface area contributed by atoms with Crippen LogP contribution in [0.3, 0.4) is 0 Å². The number of hydrogen-bond donors (Lipinski definition) is 1. The second-order valence-corrected chi connectivity index (χ2v) is 7.06. The Hall–Kier alpha value is -2.26. The molecule has 1 N–H and O–H groups in total. The Morgan fingerprint density at radius 1 is 1.42 bits per heavy atom. The molecule has 136 valence electrons. The van der Waals surface area contributed by atoms with E-state index in [1.807, 2.05) is 0 Å². The van der Waals surface area contributed by atoms with Gasteiger partial charge in [-0.1, -0.05) is 24.6 Å². The van der Waals surface area contributed by atoms with Gasteiger partial charge in [0.25, 0.3) is 0 Å². The van der Waals surface area contributed by atoms with Gasteiger partial charge in [0.05, 0.1) is 29.7 Å². The largest absolute Gasteiger partial charge is 0.293 e. The molecular formula is C16H15BrClFN6O. The van der Waals surface area contributed by atoms with E-state index in [9.17, 15) is 9.18 Å². The molecule has 3 rings (SSSR count). The summed E-state index contributed by atoms with van der Waals surface area (Å²) in [6, 6.07) is 4.47. The molecule has 2 heterocycles. The molecule has 0 aliphatic rings. The van der Waals surface area contributed by atoms with Gasteiger partial charge in [-0.25, -0.2) is 14.1 Å². The summed E-state index contributed by atoms with van der Waals surface area (Å²) in [4.78, 5) is 16.3. The second-order valence-electron chi connectivity index (χ2n) is 5.74. The van der Waals surface area contributed by atoms with Crippen molar-refractivity contribution in [3.63, 3.8) is 0 Å². The zero-order valence-corrected chi connectivity index (χ0v) is 16.1. The number of benzene rings is 1. The van der Waals surface area contributed by atoms with E-state index < -0.39 is 5.82 Å².